The van der Waals surface area contributed by atoms with E-state index in [1.165, 1.54) is 19.3 Å². The van der Waals surface area contributed by atoms with E-state index >= 15 is 0 Å². The Labute approximate surface area is 161 Å². The first-order chi connectivity index (χ1) is 13.0. The van der Waals surface area contributed by atoms with E-state index in [0.717, 1.165) is 18.4 Å². The van der Waals surface area contributed by atoms with E-state index in [-0.39, 0.29) is 0 Å². The normalized spacial score (nSPS) is 17.1. The summed E-state index contributed by atoms with van der Waals surface area (Å²) >= 11 is 0. The third-order valence-corrected chi connectivity index (χ3v) is 5.18. The minimum Gasteiger partial charge on any atom is -0.497 e. The van der Waals surface area contributed by atoms with Crippen molar-refractivity contribution in [1.29, 1.82) is 0 Å². The van der Waals surface area contributed by atoms with Crippen LogP contribution in [0.25, 0.3) is 0 Å². The van der Waals surface area contributed by atoms with Crippen LogP contribution < -0.4 is 20.1 Å². The summed E-state index contributed by atoms with van der Waals surface area (Å²) in [5, 5.41) is 25.3. The van der Waals surface area contributed by atoms with Gasteiger partial charge in [0.25, 0.3) is 0 Å². The summed E-state index contributed by atoms with van der Waals surface area (Å²) in [7, 11) is 3.20. The van der Waals surface area contributed by atoms with Gasteiger partial charge in [0.2, 0.25) is 0 Å². The summed E-state index contributed by atoms with van der Waals surface area (Å²) in [4.78, 5) is 11.1. The zero-order chi connectivity index (χ0) is 19.6. The number of benzene rings is 1. The first kappa shape index (κ1) is 21.3. The van der Waals surface area contributed by atoms with E-state index in [0.29, 0.717) is 36.9 Å². The minimum atomic E-state index is -1.09. The van der Waals surface area contributed by atoms with Gasteiger partial charge in [0, 0.05) is 19.2 Å². The lowest BCUT2D eigenvalue weighted by Gasteiger charge is -2.29. The van der Waals surface area contributed by atoms with Crippen LogP contribution in [0.2, 0.25) is 0 Å². The van der Waals surface area contributed by atoms with E-state index < -0.39 is 18.2 Å². The smallest absolute Gasteiger partial charge is 0.404 e. The van der Waals surface area contributed by atoms with Crippen LogP contribution in [0.1, 0.15) is 44.1 Å². The van der Waals surface area contributed by atoms with E-state index in [1.807, 2.05) is 12.1 Å². The molecule has 2 atom stereocenters. The molecule has 7 nitrogen and oxygen atoms in total. The Balaban J connectivity index is 1.88. The third kappa shape index (κ3) is 7.27. The standard InChI is InChI=1S/C20H32N2O5/c1-26-16-8-15(9-17(11-16)27-2)12-21-13-19(23)18(22-20(24)25)10-14-6-4-3-5-7-14/h8-9,11,14,18-19,21-23H,3-7,10,12-13H2,1-2H3,(H,24,25)/t18-,19-/m0/s1. The molecule has 0 saturated heterocycles. The van der Waals surface area contributed by atoms with Gasteiger partial charge in [-0.1, -0.05) is 32.1 Å². The molecule has 0 radical (unpaired) electrons. The first-order valence-electron chi connectivity index (χ1n) is 9.62. The number of amides is 1. The molecule has 1 aromatic rings. The second kappa shape index (κ2) is 11.0. The van der Waals surface area contributed by atoms with Gasteiger partial charge in [-0.3, -0.25) is 0 Å². The summed E-state index contributed by atoms with van der Waals surface area (Å²) in [5.74, 6) is 1.89. The lowest BCUT2D eigenvalue weighted by Crippen LogP contribution is -2.48. The SMILES string of the molecule is COc1cc(CNC[C@H](O)[C@H](CC2CCCCC2)NC(=O)O)cc(OC)c1. The molecule has 27 heavy (non-hydrogen) atoms. The molecule has 0 unspecified atom stereocenters. The van der Waals surface area contributed by atoms with Gasteiger partial charge in [0.1, 0.15) is 11.5 Å². The van der Waals surface area contributed by atoms with E-state index in [4.69, 9.17) is 14.6 Å². The molecule has 0 aliphatic heterocycles. The van der Waals surface area contributed by atoms with E-state index in [2.05, 4.69) is 10.6 Å². The number of rotatable bonds is 10. The Morgan fingerprint density at radius 3 is 2.33 bits per heavy atom. The molecule has 1 saturated carbocycles. The second-order valence-electron chi connectivity index (χ2n) is 7.21. The Kier molecular flexibility index (Phi) is 8.67. The monoisotopic (exact) mass is 380 g/mol. The van der Waals surface area contributed by atoms with Crippen LogP contribution in [-0.4, -0.2) is 49.2 Å². The fourth-order valence-electron chi connectivity index (χ4n) is 3.73. The Morgan fingerprint density at radius 1 is 1.15 bits per heavy atom. The Hall–Kier alpha value is -1.99. The molecule has 0 aromatic heterocycles. The predicted molar refractivity (Wildman–Crippen MR) is 103 cm³/mol. The Morgan fingerprint density at radius 2 is 1.78 bits per heavy atom. The van der Waals surface area contributed by atoms with Crippen molar-refractivity contribution in [3.8, 4) is 11.5 Å². The molecule has 1 fully saturated rings. The van der Waals surface area contributed by atoms with Crippen molar-refractivity contribution >= 4 is 6.09 Å². The average molecular weight is 380 g/mol. The molecular formula is C20H32N2O5. The number of methoxy groups -OCH3 is 2. The zero-order valence-electron chi connectivity index (χ0n) is 16.2. The number of aliphatic hydroxyl groups excluding tert-OH is 1. The maximum Gasteiger partial charge on any atom is 0.404 e. The van der Waals surface area contributed by atoms with Crippen LogP contribution in [-0.2, 0) is 6.54 Å². The van der Waals surface area contributed by atoms with Crippen LogP contribution in [0.15, 0.2) is 18.2 Å². The van der Waals surface area contributed by atoms with E-state index in [1.54, 1.807) is 20.3 Å². The van der Waals surface area contributed by atoms with Crippen LogP contribution in [0, 0.1) is 5.92 Å². The Bertz CT molecular complexity index is 567. The molecule has 1 aliphatic rings. The average Bonchev–Trinajstić information content (AvgIpc) is 2.67. The third-order valence-electron chi connectivity index (χ3n) is 5.18. The van der Waals surface area contributed by atoms with Crippen molar-refractivity contribution in [3.63, 3.8) is 0 Å². The molecule has 152 valence electrons. The molecular weight excluding hydrogens is 348 g/mol. The number of hydrogen-bond acceptors (Lipinski definition) is 5. The molecule has 0 bridgehead atoms. The predicted octanol–water partition coefficient (Wildman–Crippen LogP) is 2.76. The number of ether oxygens (including phenoxy) is 2. The quantitative estimate of drug-likeness (QED) is 0.498. The topological polar surface area (TPSA) is 100 Å². The van der Waals surface area contributed by atoms with Crippen molar-refractivity contribution < 1.29 is 24.5 Å². The van der Waals surface area contributed by atoms with Crippen molar-refractivity contribution in [2.24, 2.45) is 5.92 Å². The highest BCUT2D eigenvalue weighted by atomic mass is 16.5. The number of aliphatic hydroxyl groups is 1. The molecule has 7 heteroatoms. The summed E-state index contributed by atoms with van der Waals surface area (Å²) in [6.07, 6.45) is 4.67. The van der Waals surface area contributed by atoms with Gasteiger partial charge in [0.05, 0.1) is 26.4 Å². The van der Waals surface area contributed by atoms with Crippen molar-refractivity contribution in [2.75, 3.05) is 20.8 Å². The van der Waals surface area contributed by atoms with Gasteiger partial charge >= 0.3 is 6.09 Å². The number of carboxylic acid groups (broad SMARTS) is 1. The summed E-state index contributed by atoms with van der Waals surface area (Å²) < 4.78 is 10.5. The van der Waals surface area contributed by atoms with Gasteiger partial charge in [0.15, 0.2) is 0 Å². The van der Waals surface area contributed by atoms with Crippen molar-refractivity contribution in [1.82, 2.24) is 10.6 Å². The molecule has 1 aromatic carbocycles. The van der Waals surface area contributed by atoms with Crippen LogP contribution in [0.5, 0.6) is 11.5 Å². The molecule has 2 rings (SSSR count). The maximum absolute atomic E-state index is 11.1. The van der Waals surface area contributed by atoms with Gasteiger partial charge in [-0.25, -0.2) is 4.79 Å². The van der Waals surface area contributed by atoms with Gasteiger partial charge in [-0.05, 0) is 30.0 Å². The van der Waals surface area contributed by atoms with Crippen molar-refractivity contribution in [2.45, 2.75) is 57.2 Å². The lowest BCUT2D eigenvalue weighted by molar-refractivity contribution is 0.102. The number of hydrogen-bond donors (Lipinski definition) is 4. The minimum absolute atomic E-state index is 0.303. The molecule has 1 amide bonds. The fourth-order valence-corrected chi connectivity index (χ4v) is 3.73. The zero-order valence-corrected chi connectivity index (χ0v) is 16.2. The van der Waals surface area contributed by atoms with Gasteiger partial charge < -0.3 is 30.3 Å². The summed E-state index contributed by atoms with van der Waals surface area (Å²) in [6.45, 7) is 0.824. The van der Waals surface area contributed by atoms with Crippen LogP contribution >= 0.6 is 0 Å². The molecule has 0 heterocycles. The van der Waals surface area contributed by atoms with Gasteiger partial charge in [-0.2, -0.15) is 0 Å². The second-order valence-corrected chi connectivity index (χ2v) is 7.21. The van der Waals surface area contributed by atoms with Crippen LogP contribution in [0.3, 0.4) is 0 Å². The first-order valence-corrected chi connectivity index (χ1v) is 9.62. The highest BCUT2D eigenvalue weighted by Crippen LogP contribution is 2.28. The van der Waals surface area contributed by atoms with E-state index in [9.17, 15) is 9.90 Å². The lowest BCUT2D eigenvalue weighted by atomic mass is 9.83. The van der Waals surface area contributed by atoms with Crippen LogP contribution in [0.4, 0.5) is 4.79 Å². The highest BCUT2D eigenvalue weighted by Gasteiger charge is 2.25. The molecule has 0 spiro atoms. The highest BCUT2D eigenvalue weighted by molar-refractivity contribution is 5.64. The summed E-state index contributed by atoms with van der Waals surface area (Å²) in [6, 6.07) is 5.14. The largest absolute Gasteiger partial charge is 0.497 e. The van der Waals surface area contributed by atoms with Gasteiger partial charge in [-0.15, -0.1) is 0 Å². The van der Waals surface area contributed by atoms with Crippen molar-refractivity contribution in [3.05, 3.63) is 23.8 Å². The molecule has 1 aliphatic carbocycles. The fraction of sp³-hybridized carbons (Fsp3) is 0.650. The number of nitrogens with one attached hydrogen (secondary N) is 2. The summed E-state index contributed by atoms with van der Waals surface area (Å²) in [5.41, 5.74) is 0.966. The molecule has 4 N–H and O–H groups in total. The number of carbonyl (C=O) groups is 1. The maximum atomic E-state index is 11.1.